The van der Waals surface area contributed by atoms with Gasteiger partial charge in [-0.1, -0.05) is 41.4 Å². The van der Waals surface area contributed by atoms with E-state index in [0.717, 1.165) is 39.8 Å². The van der Waals surface area contributed by atoms with E-state index in [4.69, 9.17) is 33.2 Å². The quantitative estimate of drug-likeness (QED) is 0.377. The van der Waals surface area contributed by atoms with Gasteiger partial charge in [0, 0.05) is 31.1 Å². The SMILES string of the molecule is N#Cc1cccc(-c2ccc(SCC(=O)NCC3CN(Cc4ccc(Cl)c(Cl)c4)CCO3)s2)c1. The molecule has 176 valence electrons. The summed E-state index contributed by atoms with van der Waals surface area (Å²) in [4.78, 5) is 15.8. The number of halogens is 2. The Hall–Kier alpha value is -2.05. The van der Waals surface area contributed by atoms with Crippen molar-refractivity contribution in [3.05, 3.63) is 75.8 Å². The Morgan fingerprint density at radius 3 is 2.91 bits per heavy atom. The van der Waals surface area contributed by atoms with Crippen LogP contribution in [0.15, 0.2) is 58.8 Å². The van der Waals surface area contributed by atoms with E-state index in [1.807, 2.05) is 48.5 Å². The molecule has 0 saturated carbocycles. The fraction of sp³-hybridized carbons (Fsp3) is 0.280. The van der Waals surface area contributed by atoms with E-state index >= 15 is 0 Å². The normalized spacial score (nSPS) is 16.2. The molecule has 5 nitrogen and oxygen atoms in total. The lowest BCUT2D eigenvalue weighted by Crippen LogP contribution is -2.47. The number of carbonyl (C=O) groups excluding carboxylic acids is 1. The average molecular weight is 533 g/mol. The molecule has 1 aromatic heterocycles. The van der Waals surface area contributed by atoms with Crippen LogP contribution in [0.5, 0.6) is 0 Å². The van der Waals surface area contributed by atoms with Gasteiger partial charge in [0.1, 0.15) is 0 Å². The lowest BCUT2D eigenvalue weighted by Gasteiger charge is -2.33. The Labute approximate surface area is 217 Å². The van der Waals surface area contributed by atoms with Gasteiger partial charge in [-0.2, -0.15) is 5.26 Å². The van der Waals surface area contributed by atoms with Gasteiger partial charge in [-0.3, -0.25) is 9.69 Å². The maximum Gasteiger partial charge on any atom is 0.230 e. The number of nitrogens with zero attached hydrogens (tertiary/aromatic N) is 2. The molecule has 9 heteroatoms. The van der Waals surface area contributed by atoms with Gasteiger partial charge in [-0.05, 0) is 47.5 Å². The monoisotopic (exact) mass is 531 g/mol. The molecule has 4 rings (SSSR count). The zero-order valence-electron chi connectivity index (χ0n) is 18.3. The van der Waals surface area contributed by atoms with E-state index in [-0.39, 0.29) is 12.0 Å². The third-order valence-electron chi connectivity index (χ3n) is 5.34. The van der Waals surface area contributed by atoms with Gasteiger partial charge in [0.05, 0.1) is 44.4 Å². The smallest absolute Gasteiger partial charge is 0.230 e. The fourth-order valence-corrected chi connectivity index (χ4v) is 5.93. The van der Waals surface area contributed by atoms with Crippen LogP contribution in [0.1, 0.15) is 11.1 Å². The highest BCUT2D eigenvalue weighted by molar-refractivity contribution is 8.01. The minimum atomic E-state index is -0.0498. The summed E-state index contributed by atoms with van der Waals surface area (Å²) in [6.45, 7) is 3.44. The summed E-state index contributed by atoms with van der Waals surface area (Å²) >= 11 is 15.3. The molecule has 1 aliphatic rings. The van der Waals surface area contributed by atoms with Crippen molar-refractivity contribution in [2.24, 2.45) is 0 Å². The Kier molecular flexibility index (Phi) is 8.90. The molecule has 1 fully saturated rings. The van der Waals surface area contributed by atoms with E-state index < -0.39 is 0 Å². The zero-order chi connectivity index (χ0) is 23.9. The van der Waals surface area contributed by atoms with Crippen LogP contribution >= 0.6 is 46.3 Å². The number of morpholine rings is 1. The molecule has 1 amide bonds. The van der Waals surface area contributed by atoms with E-state index in [0.29, 0.717) is 34.5 Å². The Balaban J connectivity index is 1.21. The summed E-state index contributed by atoms with van der Waals surface area (Å²) in [6.07, 6.45) is -0.0498. The maximum absolute atomic E-state index is 12.4. The van der Waals surface area contributed by atoms with Crippen LogP contribution in [0.3, 0.4) is 0 Å². The predicted octanol–water partition coefficient (Wildman–Crippen LogP) is 5.70. The first-order valence-electron chi connectivity index (χ1n) is 10.8. The van der Waals surface area contributed by atoms with Crippen molar-refractivity contribution in [3.63, 3.8) is 0 Å². The number of amides is 1. The van der Waals surface area contributed by atoms with Crippen LogP contribution in [0.2, 0.25) is 10.0 Å². The third kappa shape index (κ3) is 6.98. The number of carbonyl (C=O) groups is 1. The van der Waals surface area contributed by atoms with Crippen LogP contribution in [0, 0.1) is 11.3 Å². The summed E-state index contributed by atoms with van der Waals surface area (Å²) in [7, 11) is 0. The van der Waals surface area contributed by atoms with Crippen LogP contribution in [-0.4, -0.2) is 48.9 Å². The van der Waals surface area contributed by atoms with Gasteiger partial charge in [0.2, 0.25) is 5.91 Å². The van der Waals surface area contributed by atoms with Crippen molar-refractivity contribution < 1.29 is 9.53 Å². The second kappa shape index (κ2) is 12.1. The zero-order valence-corrected chi connectivity index (χ0v) is 21.4. The summed E-state index contributed by atoms with van der Waals surface area (Å²) in [5.74, 6) is 0.328. The minimum absolute atomic E-state index is 0.0170. The third-order valence-corrected chi connectivity index (χ3v) is 8.44. The number of benzene rings is 2. The summed E-state index contributed by atoms with van der Waals surface area (Å²) in [5.41, 5.74) is 2.75. The molecule has 1 N–H and O–H groups in total. The van der Waals surface area contributed by atoms with E-state index in [2.05, 4.69) is 16.3 Å². The van der Waals surface area contributed by atoms with Crippen molar-refractivity contribution in [2.45, 2.75) is 16.9 Å². The molecule has 1 atom stereocenters. The number of thioether (sulfide) groups is 1. The van der Waals surface area contributed by atoms with Crippen molar-refractivity contribution in [2.75, 3.05) is 32.0 Å². The summed E-state index contributed by atoms with van der Waals surface area (Å²) in [6, 6.07) is 19.4. The molecular formula is C25H23Cl2N3O2S2. The maximum atomic E-state index is 12.4. The van der Waals surface area contributed by atoms with Crippen molar-refractivity contribution in [1.29, 1.82) is 5.26 Å². The first-order chi connectivity index (χ1) is 16.5. The van der Waals surface area contributed by atoms with Gasteiger partial charge < -0.3 is 10.1 Å². The van der Waals surface area contributed by atoms with Gasteiger partial charge in [0.25, 0.3) is 0 Å². The number of thiophene rings is 1. The molecule has 2 aromatic carbocycles. The highest BCUT2D eigenvalue weighted by Gasteiger charge is 2.21. The molecule has 1 saturated heterocycles. The molecule has 0 bridgehead atoms. The van der Waals surface area contributed by atoms with Crippen LogP contribution in [-0.2, 0) is 16.1 Å². The lowest BCUT2D eigenvalue weighted by atomic mass is 10.1. The second-order valence-electron chi connectivity index (χ2n) is 7.88. The molecule has 0 aliphatic carbocycles. The molecule has 0 radical (unpaired) electrons. The molecular weight excluding hydrogens is 509 g/mol. The average Bonchev–Trinajstić information content (AvgIpc) is 3.33. The molecule has 34 heavy (non-hydrogen) atoms. The predicted molar refractivity (Wildman–Crippen MR) is 140 cm³/mol. The summed E-state index contributed by atoms with van der Waals surface area (Å²) in [5, 5.41) is 13.2. The fourth-order valence-electron chi connectivity index (χ4n) is 3.65. The van der Waals surface area contributed by atoms with Crippen LogP contribution < -0.4 is 5.32 Å². The van der Waals surface area contributed by atoms with Crippen molar-refractivity contribution in [1.82, 2.24) is 10.2 Å². The molecule has 1 unspecified atom stereocenters. The number of hydrogen-bond acceptors (Lipinski definition) is 6. The number of ether oxygens (including phenoxy) is 1. The van der Waals surface area contributed by atoms with E-state index in [9.17, 15) is 4.79 Å². The highest BCUT2D eigenvalue weighted by atomic mass is 35.5. The standard InChI is InChI=1S/C25H23Cl2N3O2S2/c26-21-5-4-18(11-22(21)27)14-30-8-9-32-20(15-30)13-29-24(31)16-33-25-7-6-23(34-25)19-3-1-2-17(10-19)12-28/h1-7,10-11,20H,8-9,13-16H2,(H,29,31). The number of nitrogens with one attached hydrogen (secondary N) is 1. The van der Waals surface area contributed by atoms with Crippen molar-refractivity contribution in [3.8, 4) is 16.5 Å². The van der Waals surface area contributed by atoms with Gasteiger partial charge >= 0.3 is 0 Å². The Morgan fingerprint density at radius 2 is 2.09 bits per heavy atom. The number of rotatable bonds is 8. The molecule has 1 aliphatic heterocycles. The Morgan fingerprint density at radius 1 is 1.21 bits per heavy atom. The first-order valence-corrected chi connectivity index (χ1v) is 13.3. The van der Waals surface area contributed by atoms with Crippen LogP contribution in [0.4, 0.5) is 0 Å². The van der Waals surface area contributed by atoms with Gasteiger partial charge in [-0.25, -0.2) is 0 Å². The van der Waals surface area contributed by atoms with E-state index in [1.54, 1.807) is 17.4 Å². The van der Waals surface area contributed by atoms with Gasteiger partial charge in [0.15, 0.2) is 0 Å². The van der Waals surface area contributed by atoms with Gasteiger partial charge in [-0.15, -0.1) is 23.1 Å². The molecule has 2 heterocycles. The van der Waals surface area contributed by atoms with E-state index in [1.165, 1.54) is 11.8 Å². The molecule has 0 spiro atoms. The second-order valence-corrected chi connectivity index (χ2v) is 11.1. The minimum Gasteiger partial charge on any atom is -0.374 e. The largest absolute Gasteiger partial charge is 0.374 e. The first kappa shape index (κ1) is 25.1. The number of nitriles is 1. The Bertz CT molecular complexity index is 1190. The van der Waals surface area contributed by atoms with Crippen molar-refractivity contribution >= 4 is 52.2 Å². The van der Waals surface area contributed by atoms with Crippen LogP contribution in [0.25, 0.3) is 10.4 Å². The molecule has 3 aromatic rings. The topological polar surface area (TPSA) is 65.4 Å². The number of hydrogen-bond donors (Lipinski definition) is 1. The highest BCUT2D eigenvalue weighted by Crippen LogP contribution is 2.34. The summed E-state index contributed by atoms with van der Waals surface area (Å²) < 4.78 is 6.91. The lowest BCUT2D eigenvalue weighted by molar-refractivity contribution is -0.119.